The Kier molecular flexibility index (Phi) is 10.0. The molecule has 25 heavy (non-hydrogen) atoms. The van der Waals surface area contributed by atoms with Crippen LogP contribution in [0.15, 0.2) is 0 Å². The van der Waals surface area contributed by atoms with Crippen molar-refractivity contribution >= 4 is 30.7 Å². The molecule has 0 bridgehead atoms. The molecule has 0 aliphatic carbocycles. The van der Waals surface area contributed by atoms with Crippen molar-refractivity contribution in [3.63, 3.8) is 0 Å². The molecule has 3 saturated heterocycles. The van der Waals surface area contributed by atoms with Crippen LogP contribution in [-0.4, -0.2) is 75.2 Å². The number of rotatable bonds is 5. The Morgan fingerprint density at radius 2 is 1.80 bits per heavy atom. The first kappa shape index (κ1) is 23.0. The number of piperidine rings is 2. The lowest BCUT2D eigenvalue weighted by molar-refractivity contribution is -0.146. The van der Waals surface area contributed by atoms with Crippen molar-refractivity contribution in [1.82, 2.24) is 15.1 Å². The topological polar surface area (TPSA) is 44.8 Å². The second kappa shape index (κ2) is 10.9. The highest BCUT2D eigenvalue weighted by atomic mass is 35.5. The summed E-state index contributed by atoms with van der Waals surface area (Å²) >= 11 is 0. The van der Waals surface area contributed by atoms with Gasteiger partial charge in [0.05, 0.1) is 12.0 Å². The molecule has 7 heteroatoms. The van der Waals surface area contributed by atoms with Crippen LogP contribution < -0.4 is 5.32 Å². The number of nitrogens with one attached hydrogen (secondary N) is 1. The van der Waals surface area contributed by atoms with Gasteiger partial charge in [0.15, 0.2) is 0 Å². The summed E-state index contributed by atoms with van der Waals surface area (Å²) in [5, 5.41) is 3.37. The first-order valence-corrected chi connectivity index (χ1v) is 9.45. The Balaban J connectivity index is 0.00000156. The number of nitrogens with zero attached hydrogens (tertiary/aromatic N) is 2. The maximum absolute atomic E-state index is 13.2. The molecule has 0 aromatic heterocycles. The molecule has 1 amide bonds. The molecule has 0 aromatic carbocycles. The minimum absolute atomic E-state index is 0. The molecule has 0 spiro atoms. The van der Waals surface area contributed by atoms with E-state index in [-0.39, 0.29) is 30.2 Å². The van der Waals surface area contributed by atoms with E-state index in [2.05, 4.69) is 15.1 Å². The Morgan fingerprint density at radius 3 is 2.44 bits per heavy atom. The van der Waals surface area contributed by atoms with Gasteiger partial charge in [0.25, 0.3) is 0 Å². The van der Waals surface area contributed by atoms with Crippen LogP contribution >= 0.6 is 24.8 Å². The van der Waals surface area contributed by atoms with Crippen LogP contribution in [0.3, 0.4) is 0 Å². The molecular weight excluding hydrogens is 361 g/mol. The Bertz CT molecular complexity index is 394. The molecule has 1 N–H and O–H groups in total. The van der Waals surface area contributed by atoms with Crippen LogP contribution in [0.25, 0.3) is 0 Å². The highest BCUT2D eigenvalue weighted by molar-refractivity contribution is 5.85. The summed E-state index contributed by atoms with van der Waals surface area (Å²) in [6.45, 7) is 8.02. The number of methoxy groups -OCH3 is 1. The number of hydrogen-bond donors (Lipinski definition) is 1. The van der Waals surface area contributed by atoms with E-state index < -0.39 is 0 Å². The fraction of sp³-hybridized carbons (Fsp3) is 0.944. The van der Waals surface area contributed by atoms with Gasteiger partial charge in [0, 0.05) is 26.7 Å². The molecule has 148 valence electrons. The molecule has 1 atom stereocenters. The molecule has 3 fully saturated rings. The highest BCUT2D eigenvalue weighted by Gasteiger charge is 2.43. The largest absolute Gasteiger partial charge is 0.384 e. The van der Waals surface area contributed by atoms with E-state index in [1.54, 1.807) is 7.11 Å². The number of hydrogen-bond acceptors (Lipinski definition) is 4. The standard InChI is InChI=1S/C18H33N3O2.2ClH/c1-23-15-18(6-8-19-9-7-18)17(22)21-12-5-16(14-21)13-20-10-3-2-4-11-20;;/h16,19H,2-15H2,1H3;2*1H. The van der Waals surface area contributed by atoms with Crippen LogP contribution in [0.4, 0.5) is 0 Å². The second-order valence-electron chi connectivity index (χ2n) is 7.73. The van der Waals surface area contributed by atoms with Gasteiger partial charge in [-0.1, -0.05) is 6.42 Å². The molecule has 3 rings (SSSR count). The van der Waals surface area contributed by atoms with E-state index in [1.807, 2.05) is 0 Å². The van der Waals surface area contributed by atoms with E-state index in [4.69, 9.17) is 4.74 Å². The molecule has 3 aliphatic rings. The van der Waals surface area contributed by atoms with E-state index in [9.17, 15) is 4.79 Å². The highest BCUT2D eigenvalue weighted by Crippen LogP contribution is 2.33. The van der Waals surface area contributed by atoms with E-state index in [0.29, 0.717) is 18.4 Å². The number of ether oxygens (including phenoxy) is 1. The summed E-state index contributed by atoms with van der Waals surface area (Å²) in [7, 11) is 1.72. The Morgan fingerprint density at radius 1 is 1.12 bits per heavy atom. The van der Waals surface area contributed by atoms with Gasteiger partial charge in [0.1, 0.15) is 0 Å². The second-order valence-corrected chi connectivity index (χ2v) is 7.73. The third kappa shape index (κ3) is 5.70. The van der Waals surface area contributed by atoms with Crippen molar-refractivity contribution < 1.29 is 9.53 Å². The van der Waals surface area contributed by atoms with Gasteiger partial charge < -0.3 is 19.9 Å². The molecule has 5 nitrogen and oxygen atoms in total. The fourth-order valence-electron chi connectivity index (χ4n) is 4.61. The zero-order valence-corrected chi connectivity index (χ0v) is 17.1. The zero-order valence-electron chi connectivity index (χ0n) is 15.5. The van der Waals surface area contributed by atoms with Crippen LogP contribution in [-0.2, 0) is 9.53 Å². The third-order valence-electron chi connectivity index (χ3n) is 5.97. The number of carbonyl (C=O) groups is 1. The minimum Gasteiger partial charge on any atom is -0.384 e. The number of halogens is 2. The molecule has 0 aromatic rings. The van der Waals surface area contributed by atoms with Crippen molar-refractivity contribution in [3.05, 3.63) is 0 Å². The molecule has 1 unspecified atom stereocenters. The fourth-order valence-corrected chi connectivity index (χ4v) is 4.61. The summed E-state index contributed by atoms with van der Waals surface area (Å²) in [6.07, 6.45) is 7.07. The predicted molar refractivity (Wildman–Crippen MR) is 106 cm³/mol. The number of carbonyl (C=O) groups excluding carboxylic acids is 1. The van der Waals surface area contributed by atoms with Gasteiger partial charge in [-0.3, -0.25) is 4.79 Å². The lowest BCUT2D eigenvalue weighted by atomic mass is 9.78. The number of likely N-dealkylation sites (tertiary alicyclic amines) is 2. The van der Waals surface area contributed by atoms with Gasteiger partial charge in [-0.15, -0.1) is 24.8 Å². The maximum atomic E-state index is 13.2. The Hall–Kier alpha value is -0.0700. The van der Waals surface area contributed by atoms with Gasteiger partial charge in [-0.05, 0) is 64.2 Å². The van der Waals surface area contributed by atoms with Gasteiger partial charge in [-0.2, -0.15) is 0 Å². The predicted octanol–water partition coefficient (Wildman–Crippen LogP) is 2.18. The van der Waals surface area contributed by atoms with Crippen molar-refractivity contribution in [1.29, 1.82) is 0 Å². The van der Waals surface area contributed by atoms with Gasteiger partial charge in [0.2, 0.25) is 5.91 Å². The summed E-state index contributed by atoms with van der Waals surface area (Å²) in [5.74, 6) is 1.01. The van der Waals surface area contributed by atoms with E-state index in [1.165, 1.54) is 45.3 Å². The van der Waals surface area contributed by atoms with E-state index in [0.717, 1.165) is 39.0 Å². The van der Waals surface area contributed by atoms with Gasteiger partial charge in [-0.25, -0.2) is 0 Å². The van der Waals surface area contributed by atoms with Gasteiger partial charge >= 0.3 is 0 Å². The van der Waals surface area contributed by atoms with Crippen LogP contribution in [0.5, 0.6) is 0 Å². The first-order valence-electron chi connectivity index (χ1n) is 9.45. The summed E-state index contributed by atoms with van der Waals surface area (Å²) in [4.78, 5) is 17.9. The monoisotopic (exact) mass is 395 g/mol. The molecular formula is C18H35Cl2N3O2. The smallest absolute Gasteiger partial charge is 0.231 e. The molecule has 0 radical (unpaired) electrons. The van der Waals surface area contributed by atoms with Crippen LogP contribution in [0, 0.1) is 11.3 Å². The summed E-state index contributed by atoms with van der Waals surface area (Å²) in [5.41, 5.74) is -0.278. The molecule has 3 heterocycles. The average Bonchev–Trinajstić information content (AvgIpc) is 3.04. The average molecular weight is 396 g/mol. The molecule has 3 aliphatic heterocycles. The van der Waals surface area contributed by atoms with Crippen molar-refractivity contribution in [2.24, 2.45) is 11.3 Å². The van der Waals surface area contributed by atoms with Crippen molar-refractivity contribution in [2.45, 2.75) is 38.5 Å². The normalized spacial score (nSPS) is 26.6. The van der Waals surface area contributed by atoms with Crippen LogP contribution in [0.1, 0.15) is 38.5 Å². The van der Waals surface area contributed by atoms with Crippen molar-refractivity contribution in [2.75, 3.05) is 59.5 Å². The Labute approximate surface area is 165 Å². The molecule has 0 saturated carbocycles. The quantitative estimate of drug-likeness (QED) is 0.774. The lowest BCUT2D eigenvalue weighted by Crippen LogP contribution is -2.51. The van der Waals surface area contributed by atoms with Crippen LogP contribution in [0.2, 0.25) is 0 Å². The zero-order chi connectivity index (χ0) is 16.1. The summed E-state index contributed by atoms with van der Waals surface area (Å²) in [6, 6.07) is 0. The SMILES string of the molecule is COCC1(C(=O)N2CCC(CN3CCCCC3)C2)CCNCC1.Cl.Cl. The third-order valence-corrected chi connectivity index (χ3v) is 5.97. The maximum Gasteiger partial charge on any atom is 0.231 e. The van der Waals surface area contributed by atoms with E-state index >= 15 is 0 Å². The number of amides is 1. The first-order chi connectivity index (χ1) is 11.2. The summed E-state index contributed by atoms with van der Waals surface area (Å²) < 4.78 is 5.43. The van der Waals surface area contributed by atoms with Crippen molar-refractivity contribution in [3.8, 4) is 0 Å². The lowest BCUT2D eigenvalue weighted by Gasteiger charge is -2.38. The minimum atomic E-state index is -0.278.